The Balaban J connectivity index is 1.34. The van der Waals surface area contributed by atoms with Crippen LogP contribution in [0.2, 0.25) is 0 Å². The summed E-state index contributed by atoms with van der Waals surface area (Å²) in [7, 11) is -3.88. The van der Waals surface area contributed by atoms with Gasteiger partial charge in [0.25, 0.3) is 0 Å². The predicted octanol–water partition coefficient (Wildman–Crippen LogP) is 7.54. The zero-order valence-electron chi connectivity index (χ0n) is 27.5. The second kappa shape index (κ2) is 11.9. The van der Waals surface area contributed by atoms with E-state index in [4.69, 9.17) is 9.10 Å². The molecule has 10 heteroatoms. The number of carbonyl (C=O) groups is 1. The summed E-state index contributed by atoms with van der Waals surface area (Å²) in [6.45, 7) is 4.31. The standard InChI is InChI=1S/C39H38FN5O3S/c1-38(2)25-45-36(48-38)34(24-41-45)49(47,43-37(46)42-35-32-20-12-13-26(32)21-27-22-31(40)23-33(27)35)44-39(28-14-6-3-7-15-28,29-16-8-4-9-17-29)30-18-10-5-11-19-30/h3-11,14-19,21,24,31H,12-13,20,22-23,25H2,1-2H3,(H2,42,43,44,46,47)/t31-,49-/m0/s1. The van der Waals surface area contributed by atoms with Gasteiger partial charge in [0, 0.05) is 18.5 Å². The molecule has 2 atom stereocenters. The number of nitrogens with one attached hydrogen (secondary N) is 2. The Morgan fingerprint density at radius 3 is 2.14 bits per heavy atom. The summed E-state index contributed by atoms with van der Waals surface area (Å²) in [6, 6.07) is 30.4. The second-order valence-electron chi connectivity index (χ2n) is 13.7. The smallest absolute Gasteiger partial charge is 0.331 e. The molecule has 0 saturated heterocycles. The third kappa shape index (κ3) is 5.48. The van der Waals surface area contributed by atoms with Crippen molar-refractivity contribution in [3.05, 3.63) is 142 Å². The van der Waals surface area contributed by atoms with Gasteiger partial charge in [-0.15, -0.1) is 0 Å². The summed E-state index contributed by atoms with van der Waals surface area (Å²) in [5.74, 6) is 0.295. The van der Waals surface area contributed by atoms with Crippen molar-refractivity contribution in [3.8, 4) is 5.88 Å². The molecule has 0 radical (unpaired) electrons. The Hall–Kier alpha value is -4.96. The number of hydrogen-bond donors (Lipinski definition) is 2. The number of halogens is 1. The number of ether oxygens (including phenoxy) is 1. The molecule has 2 N–H and O–H groups in total. The van der Waals surface area contributed by atoms with Gasteiger partial charge >= 0.3 is 6.03 Å². The van der Waals surface area contributed by atoms with Gasteiger partial charge in [0.15, 0.2) is 9.92 Å². The summed E-state index contributed by atoms with van der Waals surface area (Å²) in [4.78, 5) is 14.5. The van der Waals surface area contributed by atoms with Gasteiger partial charge in [-0.1, -0.05) is 97.1 Å². The van der Waals surface area contributed by atoms with Crippen LogP contribution < -0.4 is 14.8 Å². The molecule has 2 amide bonds. The van der Waals surface area contributed by atoms with Gasteiger partial charge in [-0.2, -0.15) is 9.46 Å². The Morgan fingerprint density at radius 2 is 1.53 bits per heavy atom. The maximum Gasteiger partial charge on any atom is 0.331 e. The van der Waals surface area contributed by atoms with Crippen LogP contribution >= 0.6 is 0 Å². The van der Waals surface area contributed by atoms with Gasteiger partial charge < -0.3 is 10.1 Å². The van der Waals surface area contributed by atoms with Crippen molar-refractivity contribution in [1.29, 1.82) is 0 Å². The van der Waals surface area contributed by atoms with E-state index in [1.54, 1.807) is 4.68 Å². The van der Waals surface area contributed by atoms with Crippen LogP contribution in [0.25, 0.3) is 0 Å². The van der Waals surface area contributed by atoms with Crippen LogP contribution in [0.5, 0.6) is 5.88 Å². The molecule has 2 heterocycles. The van der Waals surface area contributed by atoms with Crippen LogP contribution in [0.15, 0.2) is 113 Å². The Kier molecular flexibility index (Phi) is 7.59. The molecule has 0 bridgehead atoms. The highest BCUT2D eigenvalue weighted by Gasteiger charge is 2.42. The molecule has 0 saturated carbocycles. The number of aromatic nitrogens is 2. The summed E-state index contributed by atoms with van der Waals surface area (Å²) in [5.41, 5.74) is 4.89. The fraction of sp³-hybridized carbons (Fsp3) is 0.282. The molecule has 0 unspecified atom stereocenters. The maximum atomic E-state index is 15.9. The molecule has 49 heavy (non-hydrogen) atoms. The molecule has 8 rings (SSSR count). The summed E-state index contributed by atoms with van der Waals surface area (Å²) in [5, 5.41) is 7.59. The topological polar surface area (TPSA) is 97.6 Å². The molecule has 1 aliphatic heterocycles. The van der Waals surface area contributed by atoms with Gasteiger partial charge in [-0.05, 0) is 72.1 Å². The number of fused-ring (bicyclic) bond motifs is 3. The largest absolute Gasteiger partial charge is 0.469 e. The molecule has 5 aromatic rings. The number of amides is 2. The first-order valence-corrected chi connectivity index (χ1v) is 18.3. The SMILES string of the molecule is CC1(C)Cn2ncc([S@@](=O)(=NC(c3ccccc3)(c3ccccc3)c3ccccc3)NC(=O)Nc3c4c(cc5c3C[C@@H](F)C5)CCC4)c2O1. The zero-order valence-corrected chi connectivity index (χ0v) is 28.3. The molecular weight excluding hydrogens is 638 g/mol. The van der Waals surface area contributed by atoms with Crippen LogP contribution in [-0.2, 0) is 47.7 Å². The maximum absolute atomic E-state index is 15.9. The third-order valence-corrected chi connectivity index (χ3v) is 11.6. The first-order valence-electron chi connectivity index (χ1n) is 16.7. The number of hydrogen-bond acceptors (Lipinski definition) is 5. The van der Waals surface area contributed by atoms with Gasteiger partial charge in [0.2, 0.25) is 5.88 Å². The quantitative estimate of drug-likeness (QED) is 0.174. The van der Waals surface area contributed by atoms with E-state index < -0.39 is 33.3 Å². The third-order valence-electron chi connectivity index (χ3n) is 9.74. The first kappa shape index (κ1) is 31.3. The van der Waals surface area contributed by atoms with E-state index in [2.05, 4.69) is 21.2 Å². The van der Waals surface area contributed by atoms with Crippen molar-refractivity contribution in [3.63, 3.8) is 0 Å². The summed E-state index contributed by atoms with van der Waals surface area (Å²) < 4.78 is 46.8. The van der Waals surface area contributed by atoms with E-state index in [9.17, 15) is 9.18 Å². The fourth-order valence-electron chi connectivity index (χ4n) is 7.65. The Morgan fingerprint density at radius 1 is 0.918 bits per heavy atom. The monoisotopic (exact) mass is 675 g/mol. The molecule has 0 fully saturated rings. The highest BCUT2D eigenvalue weighted by atomic mass is 32.2. The van der Waals surface area contributed by atoms with Crippen molar-refractivity contribution in [2.24, 2.45) is 4.36 Å². The predicted molar refractivity (Wildman–Crippen MR) is 188 cm³/mol. The van der Waals surface area contributed by atoms with Crippen molar-refractivity contribution in [2.75, 3.05) is 5.32 Å². The van der Waals surface area contributed by atoms with E-state index in [-0.39, 0.29) is 11.3 Å². The number of carbonyl (C=O) groups excluding carboxylic acids is 1. The lowest BCUT2D eigenvalue weighted by atomic mass is 9.78. The molecule has 4 aromatic carbocycles. The number of anilines is 1. The van der Waals surface area contributed by atoms with Gasteiger partial charge in [0.1, 0.15) is 22.2 Å². The van der Waals surface area contributed by atoms with E-state index in [1.165, 1.54) is 6.20 Å². The number of rotatable bonds is 7. The lowest BCUT2D eigenvalue weighted by molar-refractivity contribution is 0.132. The summed E-state index contributed by atoms with van der Waals surface area (Å²) in [6.07, 6.45) is 3.67. The number of aryl methyl sites for hydroxylation is 1. The normalized spacial score (nSPS) is 18.5. The summed E-state index contributed by atoms with van der Waals surface area (Å²) >= 11 is 0. The van der Waals surface area contributed by atoms with Crippen LogP contribution in [0.1, 0.15) is 59.2 Å². The Labute approximate surface area is 286 Å². The molecular formula is C39H38FN5O3S. The van der Waals surface area contributed by atoms with E-state index in [0.717, 1.165) is 58.2 Å². The van der Waals surface area contributed by atoms with Crippen LogP contribution in [0.4, 0.5) is 14.9 Å². The van der Waals surface area contributed by atoms with Gasteiger partial charge in [0.05, 0.1) is 12.7 Å². The Bertz CT molecular complexity index is 2080. The van der Waals surface area contributed by atoms with Gasteiger partial charge in [-0.3, -0.25) is 0 Å². The highest BCUT2D eigenvalue weighted by molar-refractivity contribution is 7.92. The number of nitrogens with zero attached hydrogens (tertiary/aromatic N) is 3. The van der Waals surface area contributed by atoms with Crippen molar-refractivity contribution in [2.45, 2.75) is 74.7 Å². The fourth-order valence-corrected chi connectivity index (χ4v) is 9.48. The average Bonchev–Trinajstić information content (AvgIpc) is 3.87. The van der Waals surface area contributed by atoms with Crippen molar-refractivity contribution >= 4 is 21.6 Å². The van der Waals surface area contributed by atoms with Crippen LogP contribution in [-0.4, -0.2) is 31.8 Å². The molecule has 8 nitrogen and oxygen atoms in total. The molecule has 0 spiro atoms. The van der Waals surface area contributed by atoms with Crippen LogP contribution in [0.3, 0.4) is 0 Å². The molecule has 3 aliphatic rings. The highest BCUT2D eigenvalue weighted by Crippen LogP contribution is 2.44. The number of benzene rings is 4. The van der Waals surface area contributed by atoms with E-state index >= 15 is 4.21 Å². The molecule has 2 aliphatic carbocycles. The second-order valence-corrected chi connectivity index (χ2v) is 15.6. The average molecular weight is 676 g/mol. The number of urea groups is 1. The van der Waals surface area contributed by atoms with E-state index in [0.29, 0.717) is 24.5 Å². The van der Waals surface area contributed by atoms with Crippen molar-refractivity contribution in [1.82, 2.24) is 14.5 Å². The van der Waals surface area contributed by atoms with Crippen LogP contribution in [0, 0.1) is 0 Å². The lowest BCUT2D eigenvalue weighted by Gasteiger charge is -2.33. The minimum Gasteiger partial charge on any atom is -0.469 e. The molecule has 1 aromatic heterocycles. The lowest BCUT2D eigenvalue weighted by Crippen LogP contribution is -2.38. The van der Waals surface area contributed by atoms with Gasteiger partial charge in [-0.25, -0.2) is 22.8 Å². The first-order chi connectivity index (χ1) is 23.7. The van der Waals surface area contributed by atoms with E-state index in [1.807, 2.05) is 105 Å². The zero-order chi connectivity index (χ0) is 33.8. The molecule has 250 valence electrons. The minimum absolute atomic E-state index is 0.174. The number of alkyl halides is 1. The minimum atomic E-state index is -3.88. The van der Waals surface area contributed by atoms with Crippen molar-refractivity contribution < 1.29 is 18.1 Å².